The SMILES string of the molecule is C[C@H]1C[C@H](C)C[NH+](CC(=O)N2CC[NH+](CC(=O)Nc3cccc(F)c3)CC2)C1. The largest absolute Gasteiger partial charge is 0.327 e. The van der Waals surface area contributed by atoms with E-state index >= 15 is 0 Å². The minimum absolute atomic E-state index is 0.124. The molecule has 0 saturated carbocycles. The maximum Gasteiger partial charge on any atom is 0.279 e. The quantitative estimate of drug-likeness (QED) is 0.605. The summed E-state index contributed by atoms with van der Waals surface area (Å²) in [5.74, 6) is 1.12. The predicted octanol–water partition coefficient (Wildman–Crippen LogP) is -0.948. The molecule has 7 heteroatoms. The predicted molar refractivity (Wildman–Crippen MR) is 106 cm³/mol. The number of carbonyl (C=O) groups is 2. The Labute approximate surface area is 166 Å². The second-order valence-corrected chi connectivity index (χ2v) is 8.65. The normalized spacial score (nSPS) is 26.1. The molecule has 1 aromatic rings. The van der Waals surface area contributed by atoms with Gasteiger partial charge in [-0.3, -0.25) is 9.59 Å². The van der Waals surface area contributed by atoms with E-state index in [0.29, 0.717) is 43.7 Å². The highest BCUT2D eigenvalue weighted by molar-refractivity contribution is 5.91. The van der Waals surface area contributed by atoms with Crippen LogP contribution in [0, 0.1) is 17.7 Å². The summed E-state index contributed by atoms with van der Waals surface area (Å²) in [6, 6.07) is 5.92. The lowest BCUT2D eigenvalue weighted by atomic mass is 9.92. The van der Waals surface area contributed by atoms with Crippen LogP contribution < -0.4 is 15.1 Å². The van der Waals surface area contributed by atoms with E-state index in [2.05, 4.69) is 19.2 Å². The van der Waals surface area contributed by atoms with E-state index in [-0.39, 0.29) is 17.6 Å². The summed E-state index contributed by atoms with van der Waals surface area (Å²) in [7, 11) is 0. The van der Waals surface area contributed by atoms with Crippen LogP contribution in [0.25, 0.3) is 0 Å². The van der Waals surface area contributed by atoms with Crippen LogP contribution in [0.1, 0.15) is 20.3 Å². The third-order valence-electron chi connectivity index (χ3n) is 5.82. The van der Waals surface area contributed by atoms with E-state index in [4.69, 9.17) is 0 Å². The molecule has 1 aromatic carbocycles. The Morgan fingerprint density at radius 2 is 1.79 bits per heavy atom. The minimum Gasteiger partial charge on any atom is -0.327 e. The fraction of sp³-hybridized carbons (Fsp3) is 0.619. The van der Waals surface area contributed by atoms with Crippen molar-refractivity contribution in [2.75, 3.05) is 57.7 Å². The highest BCUT2D eigenvalue weighted by Crippen LogP contribution is 2.12. The zero-order valence-electron chi connectivity index (χ0n) is 17.0. The van der Waals surface area contributed by atoms with Gasteiger partial charge < -0.3 is 20.0 Å². The van der Waals surface area contributed by atoms with Crippen molar-refractivity contribution in [2.24, 2.45) is 11.8 Å². The Balaban J connectivity index is 1.40. The zero-order chi connectivity index (χ0) is 20.1. The Hall–Kier alpha value is -1.99. The van der Waals surface area contributed by atoms with Gasteiger partial charge in [0.2, 0.25) is 0 Å². The number of benzene rings is 1. The van der Waals surface area contributed by atoms with E-state index in [1.807, 2.05) is 4.90 Å². The summed E-state index contributed by atoms with van der Waals surface area (Å²) in [5, 5.41) is 2.74. The van der Waals surface area contributed by atoms with E-state index in [1.165, 1.54) is 23.5 Å². The molecule has 0 bridgehead atoms. The number of quaternary nitrogens is 2. The molecule has 0 aliphatic carbocycles. The van der Waals surface area contributed by atoms with Crippen LogP contribution in [0.3, 0.4) is 0 Å². The molecule has 2 amide bonds. The van der Waals surface area contributed by atoms with Crippen molar-refractivity contribution in [1.29, 1.82) is 0 Å². The van der Waals surface area contributed by atoms with Crippen molar-refractivity contribution >= 4 is 17.5 Å². The number of rotatable bonds is 5. The zero-order valence-corrected chi connectivity index (χ0v) is 17.0. The first-order chi connectivity index (χ1) is 13.4. The van der Waals surface area contributed by atoms with Crippen LogP contribution in [-0.4, -0.2) is 69.1 Å². The third-order valence-corrected chi connectivity index (χ3v) is 5.82. The molecule has 0 spiro atoms. The average Bonchev–Trinajstić information content (AvgIpc) is 2.61. The molecule has 154 valence electrons. The summed E-state index contributed by atoms with van der Waals surface area (Å²) < 4.78 is 13.2. The summed E-state index contributed by atoms with van der Waals surface area (Å²) in [6.45, 7) is 10.6. The van der Waals surface area contributed by atoms with E-state index < -0.39 is 0 Å². The summed E-state index contributed by atoms with van der Waals surface area (Å²) in [4.78, 5) is 29.4. The molecule has 0 aromatic heterocycles. The molecule has 2 aliphatic heterocycles. The number of halogens is 1. The van der Waals surface area contributed by atoms with Crippen LogP contribution >= 0.6 is 0 Å². The first-order valence-corrected chi connectivity index (χ1v) is 10.4. The molecule has 2 atom stereocenters. The molecular weight excluding hydrogens is 359 g/mol. The number of anilines is 1. The van der Waals surface area contributed by atoms with Gasteiger partial charge in [-0.2, -0.15) is 0 Å². The maximum atomic E-state index is 13.2. The number of likely N-dealkylation sites (tertiary alicyclic amines) is 1. The van der Waals surface area contributed by atoms with Crippen LogP contribution in [0.5, 0.6) is 0 Å². The monoisotopic (exact) mass is 392 g/mol. The van der Waals surface area contributed by atoms with Crippen LogP contribution in [-0.2, 0) is 9.59 Å². The smallest absolute Gasteiger partial charge is 0.279 e. The molecular formula is C21H33FN4O2+2. The van der Waals surface area contributed by atoms with Gasteiger partial charge in [0.05, 0.1) is 39.3 Å². The molecule has 28 heavy (non-hydrogen) atoms. The van der Waals surface area contributed by atoms with Crippen molar-refractivity contribution in [2.45, 2.75) is 20.3 Å². The summed E-state index contributed by atoms with van der Waals surface area (Å²) in [5.41, 5.74) is 0.478. The number of nitrogens with zero attached hydrogens (tertiary/aromatic N) is 1. The minimum atomic E-state index is -0.364. The Kier molecular flexibility index (Phi) is 7.02. The maximum absolute atomic E-state index is 13.2. The number of carbonyl (C=O) groups excluding carboxylic acids is 2. The highest BCUT2D eigenvalue weighted by atomic mass is 19.1. The lowest BCUT2D eigenvalue weighted by Gasteiger charge is -2.35. The van der Waals surface area contributed by atoms with Gasteiger partial charge in [-0.05, 0) is 24.6 Å². The molecule has 3 rings (SSSR count). The number of piperazine rings is 1. The average molecular weight is 393 g/mol. The first-order valence-electron chi connectivity index (χ1n) is 10.4. The standard InChI is InChI=1S/C21H31FN4O2/c1-16-10-17(2)13-25(12-16)15-21(28)26-8-6-24(7-9-26)14-20(27)23-19-5-3-4-18(22)11-19/h3-5,11,16-17H,6-10,12-15H2,1-2H3,(H,23,27)/p+2/t16-,17-/m0/s1. The van der Waals surface area contributed by atoms with Crippen LogP contribution in [0.15, 0.2) is 24.3 Å². The van der Waals surface area contributed by atoms with E-state index in [9.17, 15) is 14.0 Å². The molecule has 6 nitrogen and oxygen atoms in total. The molecule has 3 N–H and O–H groups in total. The molecule has 0 unspecified atom stereocenters. The number of amides is 2. The second-order valence-electron chi connectivity index (χ2n) is 8.65. The molecule has 2 fully saturated rings. The van der Waals surface area contributed by atoms with Gasteiger partial charge in [0.15, 0.2) is 13.1 Å². The molecule has 2 saturated heterocycles. The van der Waals surface area contributed by atoms with Crippen molar-refractivity contribution in [3.05, 3.63) is 30.1 Å². The third kappa shape index (κ3) is 6.01. The number of hydrogen-bond acceptors (Lipinski definition) is 2. The first kappa shape index (κ1) is 20.7. The fourth-order valence-electron chi connectivity index (χ4n) is 4.64. The van der Waals surface area contributed by atoms with Gasteiger partial charge in [-0.1, -0.05) is 19.9 Å². The van der Waals surface area contributed by atoms with Crippen LogP contribution in [0.4, 0.5) is 10.1 Å². The lowest BCUT2D eigenvalue weighted by Crippen LogP contribution is -3.17. The molecule has 2 aliphatic rings. The van der Waals surface area contributed by atoms with Gasteiger partial charge in [0, 0.05) is 17.5 Å². The van der Waals surface area contributed by atoms with E-state index in [1.54, 1.807) is 12.1 Å². The Bertz CT molecular complexity index is 681. The lowest BCUT2D eigenvalue weighted by molar-refractivity contribution is -0.905. The van der Waals surface area contributed by atoms with Gasteiger partial charge >= 0.3 is 0 Å². The van der Waals surface area contributed by atoms with Crippen molar-refractivity contribution < 1.29 is 23.8 Å². The van der Waals surface area contributed by atoms with Gasteiger partial charge in [-0.15, -0.1) is 0 Å². The highest BCUT2D eigenvalue weighted by Gasteiger charge is 2.30. The topological polar surface area (TPSA) is 58.3 Å². The Morgan fingerprint density at radius 1 is 1.11 bits per heavy atom. The van der Waals surface area contributed by atoms with Gasteiger partial charge in [-0.25, -0.2) is 4.39 Å². The molecule has 2 heterocycles. The van der Waals surface area contributed by atoms with Crippen molar-refractivity contribution in [3.8, 4) is 0 Å². The van der Waals surface area contributed by atoms with E-state index in [0.717, 1.165) is 31.1 Å². The number of nitrogens with one attached hydrogen (secondary N) is 3. The number of piperidine rings is 1. The number of hydrogen-bond donors (Lipinski definition) is 3. The Morgan fingerprint density at radius 3 is 2.43 bits per heavy atom. The molecule has 0 radical (unpaired) electrons. The van der Waals surface area contributed by atoms with Gasteiger partial charge in [0.1, 0.15) is 5.82 Å². The van der Waals surface area contributed by atoms with Crippen LogP contribution in [0.2, 0.25) is 0 Å². The summed E-state index contributed by atoms with van der Waals surface area (Å²) >= 11 is 0. The second kappa shape index (κ2) is 9.47. The van der Waals surface area contributed by atoms with Crippen molar-refractivity contribution in [1.82, 2.24) is 4.90 Å². The van der Waals surface area contributed by atoms with Gasteiger partial charge in [0.25, 0.3) is 11.8 Å². The van der Waals surface area contributed by atoms with Crippen molar-refractivity contribution in [3.63, 3.8) is 0 Å². The fourth-order valence-corrected chi connectivity index (χ4v) is 4.64. The summed E-state index contributed by atoms with van der Waals surface area (Å²) in [6.07, 6.45) is 1.26.